The molecule has 3 heterocycles. The van der Waals surface area contributed by atoms with Crippen LogP contribution in [-0.2, 0) is 24.7 Å². The summed E-state index contributed by atoms with van der Waals surface area (Å²) < 4.78 is 1.63. The standard InChI is InChI=1S/C20H27N3O2S2/c1-12-8-13(2)10-23(9-12)16(24)11-26-20-21-18-17(19(25)22(20)3)14-6-4-5-7-15(14)27-18/h12-13H,4-11H2,1-3H3/t12-,13-/m1/s1. The van der Waals surface area contributed by atoms with Gasteiger partial charge in [-0.1, -0.05) is 25.6 Å². The van der Waals surface area contributed by atoms with Gasteiger partial charge >= 0.3 is 0 Å². The zero-order valence-corrected chi connectivity index (χ0v) is 17.9. The van der Waals surface area contributed by atoms with E-state index >= 15 is 0 Å². The fourth-order valence-electron chi connectivity index (χ4n) is 4.48. The molecule has 1 saturated heterocycles. The van der Waals surface area contributed by atoms with Crippen LogP contribution in [0.5, 0.6) is 0 Å². The minimum Gasteiger partial charge on any atom is -0.341 e. The van der Waals surface area contributed by atoms with Crippen LogP contribution < -0.4 is 5.56 Å². The van der Waals surface area contributed by atoms with Gasteiger partial charge in [-0.05, 0) is 49.5 Å². The van der Waals surface area contributed by atoms with Gasteiger partial charge in [-0.15, -0.1) is 11.3 Å². The van der Waals surface area contributed by atoms with Gasteiger partial charge in [-0.2, -0.15) is 0 Å². The van der Waals surface area contributed by atoms with E-state index in [1.165, 1.54) is 35.0 Å². The normalized spacial score (nSPS) is 22.9. The van der Waals surface area contributed by atoms with Crippen LogP contribution in [0.15, 0.2) is 9.95 Å². The summed E-state index contributed by atoms with van der Waals surface area (Å²) >= 11 is 3.06. The van der Waals surface area contributed by atoms with E-state index in [-0.39, 0.29) is 11.5 Å². The molecule has 5 nitrogen and oxygen atoms in total. The molecule has 7 heteroatoms. The van der Waals surface area contributed by atoms with Crippen molar-refractivity contribution >= 4 is 39.2 Å². The minimum atomic E-state index is 0.0366. The van der Waals surface area contributed by atoms with E-state index in [9.17, 15) is 9.59 Å². The highest BCUT2D eigenvalue weighted by atomic mass is 32.2. The summed E-state index contributed by atoms with van der Waals surface area (Å²) in [6, 6.07) is 0. The van der Waals surface area contributed by atoms with Gasteiger partial charge in [-0.25, -0.2) is 4.98 Å². The number of hydrogen-bond acceptors (Lipinski definition) is 5. The summed E-state index contributed by atoms with van der Waals surface area (Å²) in [6.45, 7) is 6.10. The molecule has 146 valence electrons. The summed E-state index contributed by atoms with van der Waals surface area (Å²) in [5, 5.41) is 1.46. The van der Waals surface area contributed by atoms with Gasteiger partial charge < -0.3 is 4.90 Å². The average molecular weight is 406 g/mol. The van der Waals surface area contributed by atoms with Crippen molar-refractivity contribution in [3.05, 3.63) is 20.8 Å². The van der Waals surface area contributed by atoms with Gasteiger partial charge in [0.05, 0.1) is 11.1 Å². The van der Waals surface area contributed by atoms with Crippen LogP contribution in [0.1, 0.15) is 43.6 Å². The monoisotopic (exact) mass is 405 g/mol. The average Bonchev–Trinajstić information content (AvgIpc) is 3.00. The van der Waals surface area contributed by atoms with E-state index in [1.54, 1.807) is 23.0 Å². The molecule has 0 unspecified atom stereocenters. The number of aromatic nitrogens is 2. The van der Waals surface area contributed by atoms with Crippen molar-refractivity contribution in [1.82, 2.24) is 14.5 Å². The van der Waals surface area contributed by atoms with Gasteiger partial charge in [0, 0.05) is 25.0 Å². The fourth-order valence-corrected chi connectivity index (χ4v) is 6.66. The molecule has 0 bridgehead atoms. The van der Waals surface area contributed by atoms with Gasteiger partial charge in [-0.3, -0.25) is 14.2 Å². The smallest absolute Gasteiger partial charge is 0.262 e. The lowest BCUT2D eigenvalue weighted by Crippen LogP contribution is -2.43. The first-order valence-corrected chi connectivity index (χ1v) is 11.7. The number of nitrogens with zero attached hydrogens (tertiary/aromatic N) is 3. The van der Waals surface area contributed by atoms with Crippen LogP contribution >= 0.6 is 23.1 Å². The van der Waals surface area contributed by atoms with E-state index in [0.717, 1.165) is 42.6 Å². The lowest BCUT2D eigenvalue weighted by atomic mass is 9.92. The van der Waals surface area contributed by atoms with Gasteiger partial charge in [0.1, 0.15) is 4.83 Å². The number of carbonyl (C=O) groups excluding carboxylic acids is 1. The maximum atomic E-state index is 12.9. The Balaban J connectivity index is 1.55. The lowest BCUT2D eigenvalue weighted by Gasteiger charge is -2.35. The summed E-state index contributed by atoms with van der Waals surface area (Å²) in [5.74, 6) is 1.60. The first-order chi connectivity index (χ1) is 12.9. The van der Waals surface area contributed by atoms with E-state index in [0.29, 0.717) is 22.7 Å². The number of hydrogen-bond donors (Lipinski definition) is 0. The Morgan fingerprint density at radius 3 is 2.67 bits per heavy atom. The number of likely N-dealkylation sites (tertiary alicyclic amines) is 1. The van der Waals surface area contributed by atoms with Gasteiger partial charge in [0.2, 0.25) is 5.91 Å². The Morgan fingerprint density at radius 2 is 1.93 bits per heavy atom. The van der Waals surface area contributed by atoms with E-state index in [2.05, 4.69) is 13.8 Å². The topological polar surface area (TPSA) is 55.2 Å². The highest BCUT2D eigenvalue weighted by Crippen LogP contribution is 2.34. The zero-order valence-electron chi connectivity index (χ0n) is 16.3. The molecule has 0 N–H and O–H groups in total. The zero-order chi connectivity index (χ0) is 19.1. The minimum absolute atomic E-state index is 0.0366. The van der Waals surface area contributed by atoms with E-state index in [1.807, 2.05) is 4.90 Å². The van der Waals surface area contributed by atoms with Crippen molar-refractivity contribution in [2.45, 2.75) is 51.1 Å². The van der Waals surface area contributed by atoms with Gasteiger partial charge in [0.25, 0.3) is 5.56 Å². The van der Waals surface area contributed by atoms with Crippen LogP contribution in [0.3, 0.4) is 0 Å². The third-order valence-corrected chi connectivity index (χ3v) is 7.90. The Hall–Kier alpha value is -1.34. The molecule has 1 amide bonds. The largest absolute Gasteiger partial charge is 0.341 e. The third-order valence-electron chi connectivity index (χ3n) is 5.70. The number of rotatable bonds is 3. The molecule has 0 aromatic carbocycles. The second kappa shape index (κ2) is 7.59. The quantitative estimate of drug-likeness (QED) is 0.580. The molecule has 1 fully saturated rings. The molecule has 0 spiro atoms. The van der Waals surface area contributed by atoms with Crippen molar-refractivity contribution in [3.8, 4) is 0 Å². The molecule has 2 aliphatic rings. The van der Waals surface area contributed by atoms with E-state index in [4.69, 9.17) is 4.98 Å². The molecule has 27 heavy (non-hydrogen) atoms. The highest BCUT2D eigenvalue weighted by Gasteiger charge is 2.26. The number of amides is 1. The second-order valence-electron chi connectivity index (χ2n) is 8.18. The van der Waals surface area contributed by atoms with E-state index < -0.39 is 0 Å². The highest BCUT2D eigenvalue weighted by molar-refractivity contribution is 7.99. The Morgan fingerprint density at radius 1 is 1.22 bits per heavy atom. The number of thioether (sulfide) groups is 1. The predicted octanol–water partition coefficient (Wildman–Crippen LogP) is 3.47. The molecule has 1 aliphatic heterocycles. The first-order valence-electron chi connectivity index (χ1n) is 9.86. The molecule has 0 radical (unpaired) electrons. The van der Waals surface area contributed by atoms with Crippen LogP contribution in [-0.4, -0.2) is 39.2 Å². The van der Waals surface area contributed by atoms with Crippen molar-refractivity contribution < 1.29 is 4.79 Å². The number of thiophene rings is 1. The molecular formula is C20H27N3O2S2. The fraction of sp³-hybridized carbons (Fsp3) is 0.650. The summed E-state index contributed by atoms with van der Waals surface area (Å²) in [4.78, 5) is 34.5. The molecule has 4 rings (SSSR count). The Labute approximate surface area is 168 Å². The number of fused-ring (bicyclic) bond motifs is 3. The summed E-state index contributed by atoms with van der Waals surface area (Å²) in [5.41, 5.74) is 1.26. The van der Waals surface area contributed by atoms with Crippen molar-refractivity contribution in [1.29, 1.82) is 0 Å². The van der Waals surface area contributed by atoms with Crippen LogP contribution in [0.4, 0.5) is 0 Å². The lowest BCUT2D eigenvalue weighted by molar-refractivity contribution is -0.130. The van der Waals surface area contributed by atoms with Crippen molar-refractivity contribution in [2.24, 2.45) is 18.9 Å². The maximum absolute atomic E-state index is 12.9. The van der Waals surface area contributed by atoms with Crippen LogP contribution in [0.2, 0.25) is 0 Å². The molecule has 1 aliphatic carbocycles. The Bertz CT molecular complexity index is 923. The molecule has 2 aromatic rings. The van der Waals surface area contributed by atoms with Gasteiger partial charge in [0.15, 0.2) is 5.16 Å². The van der Waals surface area contributed by atoms with Crippen molar-refractivity contribution in [2.75, 3.05) is 18.8 Å². The molecular weight excluding hydrogens is 378 g/mol. The second-order valence-corrected chi connectivity index (χ2v) is 10.2. The molecule has 2 atom stereocenters. The number of piperidine rings is 1. The first kappa shape index (κ1) is 19.0. The predicted molar refractivity (Wildman–Crippen MR) is 112 cm³/mol. The summed E-state index contributed by atoms with van der Waals surface area (Å²) in [7, 11) is 1.78. The number of aryl methyl sites for hydroxylation is 2. The number of carbonyl (C=O) groups is 1. The molecule has 2 aromatic heterocycles. The summed E-state index contributed by atoms with van der Waals surface area (Å²) in [6.07, 6.45) is 5.59. The molecule has 0 saturated carbocycles. The SMILES string of the molecule is C[C@@H]1C[C@@H](C)CN(C(=O)CSc2nc3sc4c(c3c(=O)n2C)CCCC4)C1. The Kier molecular flexibility index (Phi) is 5.34. The maximum Gasteiger partial charge on any atom is 0.262 e. The van der Waals surface area contributed by atoms with Crippen LogP contribution in [0, 0.1) is 11.8 Å². The third kappa shape index (κ3) is 3.68. The van der Waals surface area contributed by atoms with Crippen molar-refractivity contribution in [3.63, 3.8) is 0 Å². The van der Waals surface area contributed by atoms with Crippen LogP contribution in [0.25, 0.3) is 10.2 Å².